The third-order valence-corrected chi connectivity index (χ3v) is 10.2. The molecule has 0 radical (unpaired) electrons. The zero-order valence-corrected chi connectivity index (χ0v) is 25.3. The Labute approximate surface area is 240 Å². The van der Waals surface area contributed by atoms with Gasteiger partial charge in [-0.15, -0.1) is 0 Å². The summed E-state index contributed by atoms with van der Waals surface area (Å²) in [7, 11) is 0. The van der Waals surface area contributed by atoms with Crippen molar-refractivity contribution in [2.24, 2.45) is 0 Å². The molecule has 0 heterocycles. The minimum absolute atomic E-state index is 0.722. The molecule has 0 atom stereocenters. The van der Waals surface area contributed by atoms with E-state index in [1.165, 1.54) is 23.0 Å². The molecule has 3 nitrogen and oxygen atoms in total. The second kappa shape index (κ2) is 22.0. The van der Waals surface area contributed by atoms with Crippen LogP contribution in [0.15, 0.2) is 48.5 Å². The van der Waals surface area contributed by atoms with Crippen molar-refractivity contribution in [1.82, 2.24) is 0 Å². The molecule has 0 unspecified atom stereocenters. The molecule has 0 aliphatic rings. The molecule has 196 valence electrons. The highest BCUT2D eigenvalue weighted by molar-refractivity contribution is 8.03. The van der Waals surface area contributed by atoms with Gasteiger partial charge in [0.1, 0.15) is 23.0 Å². The predicted molar refractivity (Wildman–Crippen MR) is 170 cm³/mol. The van der Waals surface area contributed by atoms with Gasteiger partial charge in [0.25, 0.3) is 0 Å². The van der Waals surface area contributed by atoms with Crippen molar-refractivity contribution < 1.29 is 14.2 Å². The van der Waals surface area contributed by atoms with Crippen molar-refractivity contribution in [2.75, 3.05) is 70.7 Å². The first kappa shape index (κ1) is 31.2. The number of ether oxygens (including phenoxy) is 3. The Hall–Kier alpha value is -0.0600. The summed E-state index contributed by atoms with van der Waals surface area (Å²) < 4.78 is 17.8. The third-order valence-electron chi connectivity index (χ3n) is 4.48. The lowest BCUT2D eigenvalue weighted by atomic mass is 10.3. The van der Waals surface area contributed by atoms with Crippen molar-refractivity contribution in [3.8, 4) is 23.0 Å². The second-order valence-corrected chi connectivity index (χ2v) is 13.1. The maximum absolute atomic E-state index is 6.01. The number of hydrogen-bond donors (Lipinski definition) is 2. The van der Waals surface area contributed by atoms with Crippen LogP contribution < -0.4 is 14.2 Å². The number of benzene rings is 2. The van der Waals surface area contributed by atoms with E-state index in [1.807, 2.05) is 95.6 Å². The van der Waals surface area contributed by atoms with Crippen LogP contribution in [0.3, 0.4) is 0 Å². The lowest BCUT2D eigenvalue weighted by Gasteiger charge is -2.10. The summed E-state index contributed by atoms with van der Waals surface area (Å²) in [6.45, 7) is 1.46. The fourth-order valence-electron chi connectivity index (χ4n) is 2.84. The van der Waals surface area contributed by atoms with Gasteiger partial charge in [-0.25, -0.2) is 0 Å². The van der Waals surface area contributed by atoms with E-state index in [-0.39, 0.29) is 0 Å². The maximum Gasteiger partial charge on any atom is 0.131 e. The van der Waals surface area contributed by atoms with Gasteiger partial charge < -0.3 is 14.2 Å². The molecule has 0 amide bonds. The van der Waals surface area contributed by atoms with Crippen LogP contribution in [0.5, 0.6) is 23.0 Å². The first-order valence-corrected chi connectivity index (χ1v) is 17.9. The summed E-state index contributed by atoms with van der Waals surface area (Å²) in [5.41, 5.74) is 0. The van der Waals surface area contributed by atoms with E-state index < -0.39 is 0 Å². The molecule has 2 rings (SSSR count). The fraction of sp³-hybridized carbons (Fsp3) is 0.538. The van der Waals surface area contributed by atoms with Gasteiger partial charge >= 0.3 is 0 Å². The number of hydrogen-bond acceptors (Lipinski definition) is 9. The van der Waals surface area contributed by atoms with Crippen LogP contribution >= 0.6 is 72.3 Å². The molecule has 9 heteroatoms. The molecular formula is C26H38O3S6. The SMILES string of the molecule is SCCSCCSCCCOc1ccc(Oc2cccc(OCCCSCCSCCS)c2)cc1. The Bertz CT molecular complexity index is 763. The summed E-state index contributed by atoms with van der Waals surface area (Å²) in [6, 6.07) is 15.7. The molecule has 35 heavy (non-hydrogen) atoms. The van der Waals surface area contributed by atoms with E-state index >= 15 is 0 Å². The van der Waals surface area contributed by atoms with E-state index in [0.29, 0.717) is 0 Å². The Morgan fingerprint density at radius 3 is 1.57 bits per heavy atom. The summed E-state index contributed by atoms with van der Waals surface area (Å²) in [4.78, 5) is 0. The lowest BCUT2D eigenvalue weighted by molar-refractivity contribution is 0.316. The highest BCUT2D eigenvalue weighted by atomic mass is 32.2. The van der Waals surface area contributed by atoms with Crippen LogP contribution in [0.2, 0.25) is 0 Å². The van der Waals surface area contributed by atoms with Crippen molar-refractivity contribution in [3.63, 3.8) is 0 Å². The number of thioether (sulfide) groups is 4. The Balaban J connectivity index is 1.58. The van der Waals surface area contributed by atoms with Gasteiger partial charge in [-0.3, -0.25) is 0 Å². The molecule has 0 aliphatic heterocycles. The summed E-state index contributed by atoms with van der Waals surface area (Å²) in [5, 5.41) is 0. The molecule has 0 saturated carbocycles. The van der Waals surface area contributed by atoms with Crippen molar-refractivity contribution >= 4 is 72.3 Å². The molecule has 0 aromatic heterocycles. The van der Waals surface area contributed by atoms with Crippen LogP contribution in [0.4, 0.5) is 0 Å². The maximum atomic E-state index is 6.01. The van der Waals surface area contributed by atoms with E-state index in [2.05, 4.69) is 25.3 Å². The summed E-state index contributed by atoms with van der Waals surface area (Å²) >= 11 is 16.4. The summed E-state index contributed by atoms with van der Waals surface area (Å²) in [5.74, 6) is 14.6. The van der Waals surface area contributed by atoms with E-state index in [4.69, 9.17) is 14.2 Å². The molecule has 0 spiro atoms. The average molecular weight is 591 g/mol. The average Bonchev–Trinajstić information content (AvgIpc) is 2.88. The molecule has 0 bridgehead atoms. The van der Waals surface area contributed by atoms with Crippen LogP contribution in [0, 0.1) is 0 Å². The lowest BCUT2D eigenvalue weighted by Crippen LogP contribution is -2.00. The van der Waals surface area contributed by atoms with Gasteiger partial charge in [-0.1, -0.05) is 6.07 Å². The zero-order valence-electron chi connectivity index (χ0n) is 20.3. The van der Waals surface area contributed by atoms with Crippen LogP contribution in [0.25, 0.3) is 0 Å². The van der Waals surface area contributed by atoms with Gasteiger partial charge in [0.2, 0.25) is 0 Å². The topological polar surface area (TPSA) is 27.7 Å². The predicted octanol–water partition coefficient (Wildman–Crippen LogP) is 7.81. The molecule has 0 fully saturated rings. The van der Waals surface area contributed by atoms with Gasteiger partial charge in [0.15, 0.2) is 0 Å². The minimum atomic E-state index is 0.722. The molecule has 2 aromatic rings. The van der Waals surface area contributed by atoms with Crippen molar-refractivity contribution in [2.45, 2.75) is 12.8 Å². The molecular weight excluding hydrogens is 553 g/mol. The molecule has 0 saturated heterocycles. The van der Waals surface area contributed by atoms with Crippen LogP contribution in [-0.4, -0.2) is 70.7 Å². The normalized spacial score (nSPS) is 10.9. The monoisotopic (exact) mass is 590 g/mol. The molecule has 2 aromatic carbocycles. The van der Waals surface area contributed by atoms with Gasteiger partial charge in [-0.2, -0.15) is 72.3 Å². The van der Waals surface area contributed by atoms with Crippen LogP contribution in [0.1, 0.15) is 12.8 Å². The second-order valence-electron chi connectivity index (χ2n) is 7.35. The highest BCUT2D eigenvalue weighted by Gasteiger charge is 2.02. The first-order chi connectivity index (χ1) is 17.3. The smallest absolute Gasteiger partial charge is 0.131 e. The van der Waals surface area contributed by atoms with Gasteiger partial charge in [0.05, 0.1) is 13.2 Å². The van der Waals surface area contributed by atoms with Gasteiger partial charge in [0, 0.05) is 40.6 Å². The van der Waals surface area contributed by atoms with Crippen molar-refractivity contribution in [3.05, 3.63) is 48.5 Å². The summed E-state index contributed by atoms with van der Waals surface area (Å²) in [6.07, 6.45) is 2.10. The fourth-order valence-corrected chi connectivity index (χ4v) is 7.22. The minimum Gasteiger partial charge on any atom is -0.494 e. The highest BCUT2D eigenvalue weighted by Crippen LogP contribution is 2.27. The number of thiol groups is 2. The zero-order chi connectivity index (χ0) is 24.8. The van der Waals surface area contributed by atoms with E-state index in [9.17, 15) is 0 Å². The largest absolute Gasteiger partial charge is 0.494 e. The molecule has 0 aliphatic carbocycles. The van der Waals surface area contributed by atoms with Gasteiger partial charge in [-0.05, 0) is 72.3 Å². The van der Waals surface area contributed by atoms with Crippen LogP contribution in [-0.2, 0) is 0 Å². The van der Waals surface area contributed by atoms with E-state index in [0.717, 1.165) is 83.6 Å². The number of rotatable bonds is 22. The van der Waals surface area contributed by atoms with Crippen molar-refractivity contribution in [1.29, 1.82) is 0 Å². The standard InChI is InChI=1S/C26H38O3S6/c30-12-16-34-20-18-32-14-2-10-27-23-6-8-24(9-7-23)29-26-5-1-4-25(22-26)28-11-3-15-33-19-21-35-17-13-31/h1,4-9,22,30-31H,2-3,10-21H2. The Morgan fingerprint density at radius 2 is 1.00 bits per heavy atom. The third kappa shape index (κ3) is 16.4. The quantitative estimate of drug-likeness (QED) is 0.107. The first-order valence-electron chi connectivity index (χ1n) is 12.0. The van der Waals surface area contributed by atoms with E-state index in [1.54, 1.807) is 0 Å². The Morgan fingerprint density at radius 1 is 0.514 bits per heavy atom. The Kier molecular flexibility index (Phi) is 19.6. The molecule has 0 N–H and O–H groups in total.